The molecule has 0 heterocycles. The smallest absolute Gasteiger partial charge is 0.318 e. The van der Waals surface area contributed by atoms with Gasteiger partial charge < -0.3 is 15.9 Å². The van der Waals surface area contributed by atoms with Crippen LogP contribution in [0.25, 0.3) is 0 Å². The summed E-state index contributed by atoms with van der Waals surface area (Å²) in [6.07, 6.45) is -0.0598. The lowest BCUT2D eigenvalue weighted by Crippen LogP contribution is -2.25. The lowest BCUT2D eigenvalue weighted by Gasteiger charge is -2.07. The minimum atomic E-state index is -1.42. The van der Waals surface area contributed by atoms with Gasteiger partial charge >= 0.3 is 11.9 Å². The van der Waals surface area contributed by atoms with Crippen molar-refractivity contribution in [2.75, 3.05) is 5.73 Å². The molecule has 0 aromatic heterocycles. The summed E-state index contributed by atoms with van der Waals surface area (Å²) in [5, 5.41) is 17.3. The van der Waals surface area contributed by atoms with Gasteiger partial charge in [0.25, 0.3) is 0 Å². The first kappa shape index (κ1) is 11.0. The van der Waals surface area contributed by atoms with Gasteiger partial charge in [0.1, 0.15) is 0 Å². The largest absolute Gasteiger partial charge is 0.481 e. The predicted molar refractivity (Wildman–Crippen MR) is 53.3 cm³/mol. The SMILES string of the molecule is Nc1cccc(CC(C(=O)O)C(=O)O)c1. The van der Waals surface area contributed by atoms with Crippen LogP contribution in [0.5, 0.6) is 0 Å². The number of carbonyl (C=O) groups is 2. The topological polar surface area (TPSA) is 101 Å². The van der Waals surface area contributed by atoms with E-state index in [1.54, 1.807) is 24.3 Å². The molecule has 0 aliphatic rings. The fraction of sp³-hybridized carbons (Fsp3) is 0.200. The third kappa shape index (κ3) is 2.98. The standard InChI is InChI=1S/C10H11NO4/c11-7-3-1-2-6(4-7)5-8(9(12)13)10(14)15/h1-4,8H,5,11H2,(H,12,13)(H,14,15). The van der Waals surface area contributed by atoms with E-state index >= 15 is 0 Å². The van der Waals surface area contributed by atoms with Gasteiger partial charge in [-0.15, -0.1) is 0 Å². The summed E-state index contributed by atoms with van der Waals surface area (Å²) in [5.41, 5.74) is 6.58. The summed E-state index contributed by atoms with van der Waals surface area (Å²) in [7, 11) is 0. The average Bonchev–Trinajstić information content (AvgIpc) is 2.13. The van der Waals surface area contributed by atoms with Crippen LogP contribution in [0.1, 0.15) is 5.56 Å². The maximum absolute atomic E-state index is 10.6. The Hall–Kier alpha value is -2.04. The van der Waals surface area contributed by atoms with Crippen LogP contribution in [0.15, 0.2) is 24.3 Å². The summed E-state index contributed by atoms with van der Waals surface area (Å²) >= 11 is 0. The van der Waals surface area contributed by atoms with Gasteiger partial charge in [0.05, 0.1) is 0 Å². The van der Waals surface area contributed by atoms with E-state index in [9.17, 15) is 9.59 Å². The summed E-state index contributed by atoms with van der Waals surface area (Å²) in [6, 6.07) is 6.53. The number of carboxylic acids is 2. The molecule has 0 unspecified atom stereocenters. The Kier molecular flexibility index (Phi) is 3.28. The number of rotatable bonds is 4. The second kappa shape index (κ2) is 4.45. The fourth-order valence-electron chi connectivity index (χ4n) is 1.24. The third-order valence-corrected chi connectivity index (χ3v) is 1.99. The number of benzene rings is 1. The van der Waals surface area contributed by atoms with Crippen LogP contribution in [-0.4, -0.2) is 22.2 Å². The van der Waals surface area contributed by atoms with E-state index in [0.29, 0.717) is 11.3 Å². The highest BCUT2D eigenvalue weighted by Gasteiger charge is 2.25. The molecule has 0 saturated heterocycles. The molecule has 5 nitrogen and oxygen atoms in total. The van der Waals surface area contributed by atoms with Gasteiger partial charge in [0.15, 0.2) is 5.92 Å². The number of nitrogen functional groups attached to an aromatic ring is 1. The molecule has 0 aliphatic carbocycles. The Bertz CT molecular complexity index is 375. The molecule has 80 valence electrons. The van der Waals surface area contributed by atoms with Crippen LogP contribution in [0.2, 0.25) is 0 Å². The zero-order valence-corrected chi connectivity index (χ0v) is 7.88. The van der Waals surface area contributed by atoms with Crippen molar-refractivity contribution in [1.29, 1.82) is 0 Å². The highest BCUT2D eigenvalue weighted by atomic mass is 16.4. The molecule has 0 atom stereocenters. The molecule has 0 bridgehead atoms. The van der Waals surface area contributed by atoms with Crippen molar-refractivity contribution in [3.8, 4) is 0 Å². The highest BCUT2D eigenvalue weighted by molar-refractivity contribution is 5.93. The maximum atomic E-state index is 10.6. The van der Waals surface area contributed by atoms with Crippen LogP contribution >= 0.6 is 0 Å². The molecule has 0 aliphatic heterocycles. The number of aliphatic carboxylic acids is 2. The van der Waals surface area contributed by atoms with Gasteiger partial charge in [0.2, 0.25) is 0 Å². The van der Waals surface area contributed by atoms with Crippen LogP contribution < -0.4 is 5.73 Å². The lowest BCUT2D eigenvalue weighted by atomic mass is 9.99. The first-order valence-corrected chi connectivity index (χ1v) is 4.30. The molecule has 5 heteroatoms. The number of hydrogen-bond donors (Lipinski definition) is 3. The summed E-state index contributed by atoms with van der Waals surface area (Å²) in [6.45, 7) is 0. The number of anilines is 1. The summed E-state index contributed by atoms with van der Waals surface area (Å²) in [4.78, 5) is 21.2. The molecule has 0 amide bonds. The summed E-state index contributed by atoms with van der Waals surface area (Å²) in [5.74, 6) is -4.11. The minimum absolute atomic E-state index is 0.0598. The van der Waals surface area contributed by atoms with Crippen LogP contribution in [0, 0.1) is 5.92 Å². The molecule has 1 aromatic carbocycles. The number of hydrogen-bond acceptors (Lipinski definition) is 3. The fourth-order valence-corrected chi connectivity index (χ4v) is 1.24. The van der Waals surface area contributed by atoms with Crippen LogP contribution in [0.4, 0.5) is 5.69 Å². The predicted octanol–water partition coefficient (Wildman–Crippen LogP) is 0.597. The van der Waals surface area contributed by atoms with E-state index < -0.39 is 17.9 Å². The molecule has 15 heavy (non-hydrogen) atoms. The molecule has 0 fully saturated rings. The minimum Gasteiger partial charge on any atom is -0.481 e. The first-order chi connectivity index (χ1) is 7.00. The molecule has 0 spiro atoms. The van der Waals surface area contributed by atoms with Gasteiger partial charge in [0, 0.05) is 5.69 Å². The molecular weight excluding hydrogens is 198 g/mol. The van der Waals surface area contributed by atoms with E-state index in [2.05, 4.69) is 0 Å². The highest BCUT2D eigenvalue weighted by Crippen LogP contribution is 2.12. The second-order valence-electron chi connectivity index (χ2n) is 3.18. The monoisotopic (exact) mass is 209 g/mol. The van der Waals surface area contributed by atoms with Crippen molar-refractivity contribution in [2.45, 2.75) is 6.42 Å². The Morgan fingerprint density at radius 2 is 1.87 bits per heavy atom. The van der Waals surface area contributed by atoms with E-state index in [1.807, 2.05) is 0 Å². The van der Waals surface area contributed by atoms with Crippen molar-refractivity contribution in [3.05, 3.63) is 29.8 Å². The maximum Gasteiger partial charge on any atom is 0.318 e. The van der Waals surface area contributed by atoms with Crippen molar-refractivity contribution in [2.24, 2.45) is 5.92 Å². The van der Waals surface area contributed by atoms with Gasteiger partial charge in [-0.05, 0) is 24.1 Å². The Balaban J connectivity index is 2.83. The number of carboxylic acid groups (broad SMARTS) is 2. The Morgan fingerprint density at radius 1 is 1.27 bits per heavy atom. The zero-order valence-electron chi connectivity index (χ0n) is 7.88. The summed E-state index contributed by atoms with van der Waals surface area (Å²) < 4.78 is 0. The molecular formula is C10H11NO4. The third-order valence-electron chi connectivity index (χ3n) is 1.99. The van der Waals surface area contributed by atoms with Crippen LogP contribution in [-0.2, 0) is 16.0 Å². The van der Waals surface area contributed by atoms with Gasteiger partial charge in [-0.1, -0.05) is 12.1 Å². The van der Waals surface area contributed by atoms with Gasteiger partial charge in [-0.3, -0.25) is 9.59 Å². The second-order valence-corrected chi connectivity index (χ2v) is 3.18. The number of nitrogens with two attached hydrogens (primary N) is 1. The Morgan fingerprint density at radius 3 is 2.33 bits per heavy atom. The molecule has 1 rings (SSSR count). The van der Waals surface area contributed by atoms with Gasteiger partial charge in [-0.25, -0.2) is 0 Å². The van der Waals surface area contributed by atoms with Gasteiger partial charge in [-0.2, -0.15) is 0 Å². The van der Waals surface area contributed by atoms with Crippen molar-refractivity contribution in [3.63, 3.8) is 0 Å². The molecule has 4 N–H and O–H groups in total. The van der Waals surface area contributed by atoms with Crippen molar-refractivity contribution < 1.29 is 19.8 Å². The molecule has 0 radical (unpaired) electrons. The normalized spacial score (nSPS) is 10.2. The first-order valence-electron chi connectivity index (χ1n) is 4.30. The van der Waals surface area contributed by atoms with Crippen LogP contribution in [0.3, 0.4) is 0 Å². The molecule has 0 saturated carbocycles. The zero-order chi connectivity index (χ0) is 11.4. The lowest BCUT2D eigenvalue weighted by molar-refractivity contribution is -0.154. The van der Waals surface area contributed by atoms with E-state index in [4.69, 9.17) is 15.9 Å². The quantitative estimate of drug-likeness (QED) is 0.498. The average molecular weight is 209 g/mol. The Labute approximate surface area is 86.1 Å². The van der Waals surface area contributed by atoms with E-state index in [0.717, 1.165) is 0 Å². The van der Waals surface area contributed by atoms with E-state index in [1.165, 1.54) is 0 Å². The van der Waals surface area contributed by atoms with E-state index in [-0.39, 0.29) is 6.42 Å². The van der Waals surface area contributed by atoms with Crippen molar-refractivity contribution >= 4 is 17.6 Å². The van der Waals surface area contributed by atoms with Crippen molar-refractivity contribution in [1.82, 2.24) is 0 Å². The molecule has 1 aromatic rings.